The van der Waals surface area contributed by atoms with Crippen molar-refractivity contribution in [2.75, 3.05) is 37.2 Å². The molecular formula is C14H27NO4S2. The second-order valence-corrected chi connectivity index (χ2v) is 9.05. The lowest BCUT2D eigenvalue weighted by Crippen LogP contribution is -2.54. The van der Waals surface area contributed by atoms with Gasteiger partial charge in [0.25, 0.3) is 0 Å². The number of rotatable bonds is 9. The van der Waals surface area contributed by atoms with Crippen LogP contribution >= 0.6 is 11.8 Å². The Morgan fingerprint density at radius 1 is 1.43 bits per heavy atom. The van der Waals surface area contributed by atoms with Gasteiger partial charge in [0.1, 0.15) is 15.4 Å². The molecule has 1 rings (SSSR count). The van der Waals surface area contributed by atoms with Crippen molar-refractivity contribution < 1.29 is 17.9 Å². The van der Waals surface area contributed by atoms with Crippen LogP contribution in [-0.2, 0) is 19.4 Å². The number of nitrogens with one attached hydrogen (secondary N) is 1. The quantitative estimate of drug-likeness (QED) is 0.507. The van der Waals surface area contributed by atoms with Gasteiger partial charge >= 0.3 is 5.97 Å². The fourth-order valence-corrected chi connectivity index (χ4v) is 5.30. The van der Waals surface area contributed by atoms with Gasteiger partial charge in [-0.15, -0.1) is 0 Å². The average Bonchev–Trinajstić information content (AvgIpc) is 2.81. The molecule has 0 aromatic carbocycles. The summed E-state index contributed by atoms with van der Waals surface area (Å²) in [6, 6.07) is 0. The maximum Gasteiger partial charge on any atom is 0.326 e. The molecule has 1 aliphatic rings. The summed E-state index contributed by atoms with van der Waals surface area (Å²) >= 11 is 1.64. The van der Waals surface area contributed by atoms with Crippen LogP contribution in [0.1, 0.15) is 32.6 Å². The molecule has 0 radical (unpaired) electrons. The predicted octanol–water partition coefficient (Wildman–Crippen LogP) is 1.48. The predicted molar refractivity (Wildman–Crippen MR) is 87.4 cm³/mol. The van der Waals surface area contributed by atoms with Crippen molar-refractivity contribution in [1.29, 1.82) is 0 Å². The lowest BCUT2D eigenvalue weighted by Gasteiger charge is -2.32. The highest BCUT2D eigenvalue weighted by atomic mass is 32.2. The number of hydrogen-bond donors (Lipinski definition) is 1. The summed E-state index contributed by atoms with van der Waals surface area (Å²) in [4.78, 5) is 12.3. The van der Waals surface area contributed by atoms with Crippen LogP contribution in [0, 0.1) is 5.92 Å². The van der Waals surface area contributed by atoms with Crippen LogP contribution in [0.15, 0.2) is 0 Å². The van der Waals surface area contributed by atoms with Gasteiger partial charge in [0.05, 0.1) is 12.4 Å². The highest BCUT2D eigenvalue weighted by molar-refractivity contribution is 8.00. The first-order chi connectivity index (χ1) is 9.85. The lowest BCUT2D eigenvalue weighted by molar-refractivity contribution is -0.152. The van der Waals surface area contributed by atoms with Crippen molar-refractivity contribution in [1.82, 2.24) is 5.32 Å². The van der Waals surface area contributed by atoms with Gasteiger partial charge in [0.15, 0.2) is 0 Å². The number of esters is 1. The number of ether oxygens (including phenoxy) is 1. The van der Waals surface area contributed by atoms with E-state index in [0.717, 1.165) is 31.4 Å². The molecule has 0 saturated heterocycles. The monoisotopic (exact) mass is 337 g/mol. The molecule has 2 atom stereocenters. The smallest absolute Gasteiger partial charge is 0.326 e. The fraction of sp³-hybridized carbons (Fsp3) is 0.929. The van der Waals surface area contributed by atoms with E-state index >= 15 is 0 Å². The molecule has 0 amide bonds. The molecular weight excluding hydrogens is 310 g/mol. The van der Waals surface area contributed by atoms with Gasteiger partial charge in [-0.2, -0.15) is 11.8 Å². The summed E-state index contributed by atoms with van der Waals surface area (Å²) in [5, 5.41) is 3.20. The highest BCUT2D eigenvalue weighted by Gasteiger charge is 2.48. The summed E-state index contributed by atoms with van der Waals surface area (Å²) < 4.78 is 27.4. The first-order valence-electron chi connectivity index (χ1n) is 7.47. The number of carbonyl (C=O) groups excluding carboxylic acids is 1. The zero-order valence-electron chi connectivity index (χ0n) is 13.2. The molecule has 0 bridgehead atoms. The minimum atomic E-state index is -2.88. The molecule has 0 aromatic heterocycles. The molecule has 1 fully saturated rings. The van der Waals surface area contributed by atoms with Crippen molar-refractivity contribution in [2.24, 2.45) is 5.92 Å². The standard InChI is InChI=1S/C14H27NO4S2/c1-4-19-13(16)14(15-2)8-5-6-12(14)7-9-20-10-11-21(3,17)18/h12,15H,4-11H2,1-3H3. The Bertz CT molecular complexity index is 438. The van der Waals surface area contributed by atoms with Crippen molar-refractivity contribution in [3.05, 3.63) is 0 Å². The summed E-state index contributed by atoms with van der Waals surface area (Å²) in [5.41, 5.74) is -0.548. The third-order valence-corrected chi connectivity index (χ3v) is 6.34. The van der Waals surface area contributed by atoms with Crippen LogP contribution in [-0.4, -0.2) is 57.1 Å². The van der Waals surface area contributed by atoms with Crippen LogP contribution in [0.3, 0.4) is 0 Å². The topological polar surface area (TPSA) is 72.5 Å². The molecule has 7 heteroatoms. The lowest BCUT2D eigenvalue weighted by atomic mass is 9.85. The Labute approximate surface area is 132 Å². The fourth-order valence-electron chi connectivity index (χ4n) is 2.97. The van der Waals surface area contributed by atoms with Crippen molar-refractivity contribution in [2.45, 2.75) is 38.1 Å². The second-order valence-electron chi connectivity index (χ2n) is 5.56. The van der Waals surface area contributed by atoms with Crippen LogP contribution in [0.4, 0.5) is 0 Å². The molecule has 2 unspecified atom stereocenters. The minimum Gasteiger partial charge on any atom is -0.465 e. The van der Waals surface area contributed by atoms with Gasteiger partial charge in [-0.05, 0) is 44.9 Å². The van der Waals surface area contributed by atoms with Crippen LogP contribution < -0.4 is 5.32 Å². The van der Waals surface area contributed by atoms with Crippen molar-refractivity contribution in [3.63, 3.8) is 0 Å². The first kappa shape index (κ1) is 18.8. The van der Waals surface area contributed by atoms with E-state index in [1.165, 1.54) is 6.26 Å². The molecule has 0 spiro atoms. The molecule has 21 heavy (non-hydrogen) atoms. The number of carbonyl (C=O) groups is 1. The van der Waals surface area contributed by atoms with E-state index in [9.17, 15) is 13.2 Å². The summed E-state index contributed by atoms with van der Waals surface area (Å²) in [5.74, 6) is 1.85. The molecule has 5 nitrogen and oxygen atoms in total. The van der Waals surface area contributed by atoms with E-state index in [1.807, 2.05) is 14.0 Å². The van der Waals surface area contributed by atoms with Gasteiger partial charge in [-0.3, -0.25) is 4.79 Å². The van der Waals surface area contributed by atoms with Crippen molar-refractivity contribution >= 4 is 27.6 Å². The van der Waals surface area contributed by atoms with Crippen LogP contribution in [0.5, 0.6) is 0 Å². The van der Waals surface area contributed by atoms with Crippen LogP contribution in [0.2, 0.25) is 0 Å². The van der Waals surface area contributed by atoms with Gasteiger partial charge in [0.2, 0.25) is 0 Å². The largest absolute Gasteiger partial charge is 0.465 e. The number of hydrogen-bond acceptors (Lipinski definition) is 6. The Morgan fingerprint density at radius 2 is 2.14 bits per heavy atom. The summed E-state index contributed by atoms with van der Waals surface area (Å²) in [6.07, 6.45) is 5.04. The van der Waals surface area contributed by atoms with Gasteiger partial charge in [-0.25, -0.2) is 8.42 Å². The maximum atomic E-state index is 12.3. The number of likely N-dealkylation sites (N-methyl/N-ethyl adjacent to an activating group) is 1. The third-order valence-electron chi connectivity index (χ3n) is 4.12. The van der Waals surface area contributed by atoms with E-state index in [1.54, 1.807) is 11.8 Å². The normalized spacial score (nSPS) is 26.0. The second kappa shape index (κ2) is 8.39. The molecule has 124 valence electrons. The Balaban J connectivity index is 2.47. The Hall–Kier alpha value is -0.270. The SMILES string of the molecule is CCOC(=O)C1(NC)CCCC1CCSCCS(C)(=O)=O. The van der Waals surface area contributed by atoms with Crippen LogP contribution in [0.25, 0.3) is 0 Å². The first-order valence-corrected chi connectivity index (χ1v) is 10.7. The molecule has 0 heterocycles. The minimum absolute atomic E-state index is 0.142. The van der Waals surface area contributed by atoms with Gasteiger partial charge in [-0.1, -0.05) is 6.42 Å². The zero-order chi connectivity index (χ0) is 15.9. The molecule has 0 aliphatic heterocycles. The van der Waals surface area contributed by atoms with Crippen molar-refractivity contribution in [3.8, 4) is 0 Å². The maximum absolute atomic E-state index is 12.3. The molecule has 1 saturated carbocycles. The average molecular weight is 338 g/mol. The number of thioether (sulfide) groups is 1. The summed E-state index contributed by atoms with van der Waals surface area (Å²) in [6.45, 7) is 2.23. The third kappa shape index (κ3) is 5.45. The zero-order valence-corrected chi connectivity index (χ0v) is 14.8. The van der Waals surface area contributed by atoms with Gasteiger partial charge < -0.3 is 10.1 Å². The van der Waals surface area contributed by atoms with E-state index in [0.29, 0.717) is 12.4 Å². The molecule has 0 aromatic rings. The Morgan fingerprint density at radius 3 is 2.71 bits per heavy atom. The Kier molecular flexibility index (Phi) is 7.50. The molecule has 1 N–H and O–H groups in total. The number of sulfone groups is 1. The van der Waals surface area contributed by atoms with Gasteiger partial charge in [0, 0.05) is 12.0 Å². The summed E-state index contributed by atoms with van der Waals surface area (Å²) in [7, 11) is -1.05. The van der Waals surface area contributed by atoms with E-state index in [2.05, 4.69) is 5.32 Å². The highest BCUT2D eigenvalue weighted by Crippen LogP contribution is 2.39. The van der Waals surface area contributed by atoms with E-state index in [4.69, 9.17) is 4.74 Å². The van der Waals surface area contributed by atoms with E-state index < -0.39 is 15.4 Å². The molecule has 1 aliphatic carbocycles. The van der Waals surface area contributed by atoms with E-state index in [-0.39, 0.29) is 17.6 Å².